The first kappa shape index (κ1) is 17.8. The highest BCUT2D eigenvalue weighted by Crippen LogP contribution is 2.67. The molecule has 4 aliphatic rings. The van der Waals surface area contributed by atoms with Crippen LogP contribution in [0.1, 0.15) is 79.1 Å². The molecule has 3 fully saturated rings. The average molecular weight is 343 g/mol. The molecule has 0 heterocycles. The summed E-state index contributed by atoms with van der Waals surface area (Å²) in [4.78, 5) is 0. The van der Waals surface area contributed by atoms with E-state index >= 15 is 0 Å². The molecule has 0 radical (unpaired) electrons. The summed E-state index contributed by atoms with van der Waals surface area (Å²) in [5.41, 5.74) is 2.54. The van der Waals surface area contributed by atoms with Crippen LogP contribution in [0.5, 0.6) is 0 Å². The van der Waals surface area contributed by atoms with Gasteiger partial charge in [-0.25, -0.2) is 0 Å². The molecule has 0 aliphatic heterocycles. The molecule has 4 aliphatic carbocycles. The van der Waals surface area contributed by atoms with Crippen LogP contribution in [0.4, 0.5) is 0 Å². The Morgan fingerprint density at radius 1 is 1.12 bits per heavy atom. The van der Waals surface area contributed by atoms with Gasteiger partial charge in [0.15, 0.2) is 0 Å². The summed E-state index contributed by atoms with van der Waals surface area (Å²) in [5.74, 6) is 4.29. The summed E-state index contributed by atoms with van der Waals surface area (Å²) in [6.45, 7) is 9.80. The number of rotatable bonds is 2. The van der Waals surface area contributed by atoms with E-state index in [0.29, 0.717) is 10.8 Å². The van der Waals surface area contributed by atoms with E-state index in [2.05, 4.69) is 45.9 Å². The molecule has 8 atom stereocenters. The maximum absolute atomic E-state index is 10.1. The van der Waals surface area contributed by atoms with Gasteiger partial charge in [0.1, 0.15) is 0 Å². The van der Waals surface area contributed by atoms with E-state index in [-0.39, 0.29) is 6.10 Å². The third-order valence-electron chi connectivity index (χ3n) is 9.28. The lowest BCUT2D eigenvalue weighted by Crippen LogP contribution is -2.50. The fourth-order valence-electron chi connectivity index (χ4n) is 7.98. The summed E-state index contributed by atoms with van der Waals surface area (Å²) >= 11 is 0. The van der Waals surface area contributed by atoms with Gasteiger partial charge in [-0.05, 0) is 98.7 Å². The Balaban J connectivity index is 1.62. The van der Waals surface area contributed by atoms with Gasteiger partial charge in [0.05, 0.1) is 6.10 Å². The van der Waals surface area contributed by atoms with Crippen molar-refractivity contribution in [2.45, 2.75) is 85.2 Å². The molecule has 140 valence electrons. The van der Waals surface area contributed by atoms with Crippen LogP contribution in [0.15, 0.2) is 23.8 Å². The van der Waals surface area contributed by atoms with Gasteiger partial charge in [0.2, 0.25) is 0 Å². The monoisotopic (exact) mass is 342 g/mol. The zero-order valence-corrected chi connectivity index (χ0v) is 16.8. The van der Waals surface area contributed by atoms with Crippen molar-refractivity contribution < 1.29 is 5.11 Å². The lowest BCUT2D eigenvalue weighted by atomic mass is 9.47. The number of aliphatic hydroxyl groups is 1. The molecule has 1 heteroatoms. The van der Waals surface area contributed by atoms with Gasteiger partial charge >= 0.3 is 0 Å². The second-order valence-corrected chi connectivity index (χ2v) is 10.3. The Morgan fingerprint density at radius 2 is 1.92 bits per heavy atom. The van der Waals surface area contributed by atoms with E-state index in [9.17, 15) is 5.11 Å². The van der Waals surface area contributed by atoms with Gasteiger partial charge in [-0.3, -0.25) is 0 Å². The van der Waals surface area contributed by atoms with Crippen LogP contribution in [-0.4, -0.2) is 11.2 Å². The van der Waals surface area contributed by atoms with Crippen LogP contribution < -0.4 is 0 Å². The first-order chi connectivity index (χ1) is 11.9. The summed E-state index contributed by atoms with van der Waals surface area (Å²) in [6, 6.07) is 0. The molecule has 4 rings (SSSR count). The SMILES string of the molecule is CC=C[C@H](C)C1CCC2C3CC=C4CC(O)CC[C@]4(C)C3CC[C@@]21C. The second kappa shape index (κ2) is 6.25. The molecular formula is C24H38O. The Labute approximate surface area is 155 Å². The van der Waals surface area contributed by atoms with Crippen molar-refractivity contribution in [1.82, 2.24) is 0 Å². The average Bonchev–Trinajstić information content (AvgIpc) is 2.93. The standard InChI is InChI=1S/C24H38O/c1-5-6-16(2)20-9-10-21-19-8-7-17-15-18(25)11-13-23(17,3)22(19)12-14-24(20,21)4/h5-7,16,18-22,25H,8-15H2,1-4H3/t16-,18?,19?,20?,21?,22?,23-,24+/m0/s1. The largest absolute Gasteiger partial charge is 0.393 e. The van der Waals surface area contributed by atoms with Crippen molar-refractivity contribution in [2.24, 2.45) is 40.4 Å². The third kappa shape index (κ3) is 2.59. The Bertz CT molecular complexity index is 575. The van der Waals surface area contributed by atoms with Gasteiger partial charge in [-0.15, -0.1) is 0 Å². The van der Waals surface area contributed by atoms with Crippen molar-refractivity contribution in [2.75, 3.05) is 0 Å². The third-order valence-corrected chi connectivity index (χ3v) is 9.28. The minimum Gasteiger partial charge on any atom is -0.393 e. The first-order valence-electron chi connectivity index (χ1n) is 10.9. The van der Waals surface area contributed by atoms with Crippen LogP contribution in [-0.2, 0) is 0 Å². The molecule has 0 aromatic rings. The maximum Gasteiger partial charge on any atom is 0.0577 e. The van der Waals surface area contributed by atoms with E-state index in [4.69, 9.17) is 0 Å². The molecule has 0 aromatic heterocycles. The summed E-state index contributed by atoms with van der Waals surface area (Å²) in [7, 11) is 0. The van der Waals surface area contributed by atoms with Crippen molar-refractivity contribution in [3.8, 4) is 0 Å². The molecule has 0 spiro atoms. The van der Waals surface area contributed by atoms with Gasteiger partial charge < -0.3 is 5.11 Å². The van der Waals surface area contributed by atoms with Gasteiger partial charge in [-0.1, -0.05) is 44.6 Å². The molecule has 25 heavy (non-hydrogen) atoms. The summed E-state index contributed by atoms with van der Waals surface area (Å²) in [6.07, 6.45) is 17.4. The van der Waals surface area contributed by atoms with Crippen molar-refractivity contribution in [3.05, 3.63) is 23.8 Å². The maximum atomic E-state index is 10.1. The topological polar surface area (TPSA) is 20.2 Å². The Hall–Kier alpha value is -0.560. The zero-order chi connectivity index (χ0) is 17.8. The highest BCUT2D eigenvalue weighted by molar-refractivity contribution is 5.25. The molecule has 1 nitrogen and oxygen atoms in total. The summed E-state index contributed by atoms with van der Waals surface area (Å²) < 4.78 is 0. The zero-order valence-electron chi connectivity index (χ0n) is 16.8. The number of allylic oxidation sites excluding steroid dienone is 3. The quantitative estimate of drug-likeness (QED) is 0.598. The minimum absolute atomic E-state index is 0.0812. The Kier molecular flexibility index (Phi) is 4.46. The molecule has 0 bridgehead atoms. The molecule has 0 amide bonds. The molecule has 5 unspecified atom stereocenters. The first-order valence-corrected chi connectivity index (χ1v) is 10.9. The lowest BCUT2D eigenvalue weighted by Gasteiger charge is -2.58. The van der Waals surface area contributed by atoms with E-state index in [1.165, 1.54) is 38.5 Å². The van der Waals surface area contributed by atoms with Crippen molar-refractivity contribution in [1.29, 1.82) is 0 Å². The fourth-order valence-corrected chi connectivity index (χ4v) is 7.98. The van der Waals surface area contributed by atoms with Crippen molar-refractivity contribution in [3.63, 3.8) is 0 Å². The molecule has 1 N–H and O–H groups in total. The van der Waals surface area contributed by atoms with E-state index in [0.717, 1.165) is 42.4 Å². The second-order valence-electron chi connectivity index (χ2n) is 10.3. The predicted molar refractivity (Wildman–Crippen MR) is 105 cm³/mol. The van der Waals surface area contributed by atoms with E-state index < -0.39 is 0 Å². The van der Waals surface area contributed by atoms with Gasteiger partial charge in [0, 0.05) is 0 Å². The van der Waals surface area contributed by atoms with Crippen LogP contribution in [0, 0.1) is 40.4 Å². The van der Waals surface area contributed by atoms with Gasteiger partial charge in [-0.2, -0.15) is 0 Å². The van der Waals surface area contributed by atoms with E-state index in [1.54, 1.807) is 5.57 Å². The normalized spacial score (nSPS) is 50.8. The number of hydrogen-bond acceptors (Lipinski definition) is 1. The Morgan fingerprint density at radius 3 is 2.68 bits per heavy atom. The highest BCUT2D eigenvalue weighted by atomic mass is 16.3. The number of fused-ring (bicyclic) bond motifs is 5. The molecular weight excluding hydrogens is 304 g/mol. The van der Waals surface area contributed by atoms with Crippen LogP contribution in [0.3, 0.4) is 0 Å². The molecule has 0 saturated heterocycles. The van der Waals surface area contributed by atoms with Gasteiger partial charge in [0.25, 0.3) is 0 Å². The lowest BCUT2D eigenvalue weighted by molar-refractivity contribution is -0.0540. The predicted octanol–water partition coefficient (Wildman–Crippen LogP) is 6.14. The fraction of sp³-hybridized carbons (Fsp3) is 0.833. The molecule has 3 saturated carbocycles. The van der Waals surface area contributed by atoms with Crippen LogP contribution in [0.25, 0.3) is 0 Å². The highest BCUT2D eigenvalue weighted by Gasteiger charge is 2.58. The summed E-state index contributed by atoms with van der Waals surface area (Å²) in [5, 5.41) is 10.1. The number of hydrogen-bond donors (Lipinski definition) is 1. The molecule has 0 aromatic carbocycles. The van der Waals surface area contributed by atoms with Crippen LogP contribution in [0.2, 0.25) is 0 Å². The van der Waals surface area contributed by atoms with E-state index in [1.807, 2.05) is 0 Å². The number of aliphatic hydroxyl groups excluding tert-OH is 1. The minimum atomic E-state index is -0.0812. The van der Waals surface area contributed by atoms with Crippen LogP contribution >= 0.6 is 0 Å². The van der Waals surface area contributed by atoms with Crippen molar-refractivity contribution >= 4 is 0 Å². The smallest absolute Gasteiger partial charge is 0.0577 e.